The Hall–Kier alpha value is -1.62. The first-order valence-electron chi connectivity index (χ1n) is 6.72. The topological polar surface area (TPSA) is 72.4 Å². The minimum Gasteiger partial charge on any atom is -0.371 e. The van der Waals surface area contributed by atoms with Crippen molar-refractivity contribution in [1.29, 1.82) is 0 Å². The molecule has 0 aromatic heterocycles. The second-order valence-electron chi connectivity index (χ2n) is 5.33. The van der Waals surface area contributed by atoms with Gasteiger partial charge in [-0.25, -0.2) is 0 Å². The highest BCUT2D eigenvalue weighted by molar-refractivity contribution is 5.55. The number of rotatable bonds is 4. The first kappa shape index (κ1) is 13.8. The first-order valence-corrected chi connectivity index (χ1v) is 6.72. The molecule has 5 nitrogen and oxygen atoms in total. The Morgan fingerprint density at radius 1 is 1.47 bits per heavy atom. The van der Waals surface area contributed by atoms with Crippen LogP contribution in [0.15, 0.2) is 18.2 Å². The molecule has 1 fully saturated rings. The van der Waals surface area contributed by atoms with Gasteiger partial charge >= 0.3 is 0 Å². The predicted octanol–water partition coefficient (Wildman–Crippen LogP) is 2.47. The molecule has 1 aliphatic carbocycles. The Labute approximate surface area is 113 Å². The molecular formula is C14H21N3O2. The summed E-state index contributed by atoms with van der Waals surface area (Å²) >= 11 is 0. The largest absolute Gasteiger partial charge is 0.371 e. The molecule has 2 unspecified atom stereocenters. The molecule has 0 bridgehead atoms. The van der Waals surface area contributed by atoms with Crippen molar-refractivity contribution in [3.63, 3.8) is 0 Å². The Morgan fingerprint density at radius 3 is 2.79 bits per heavy atom. The van der Waals surface area contributed by atoms with Gasteiger partial charge in [0.2, 0.25) is 0 Å². The second kappa shape index (κ2) is 5.57. The second-order valence-corrected chi connectivity index (χ2v) is 5.33. The lowest BCUT2D eigenvalue weighted by atomic mass is 10.0. The van der Waals surface area contributed by atoms with E-state index in [9.17, 15) is 10.1 Å². The van der Waals surface area contributed by atoms with E-state index in [1.807, 2.05) is 12.1 Å². The van der Waals surface area contributed by atoms with E-state index in [4.69, 9.17) is 5.73 Å². The van der Waals surface area contributed by atoms with Crippen LogP contribution >= 0.6 is 0 Å². The summed E-state index contributed by atoms with van der Waals surface area (Å²) in [4.78, 5) is 12.7. The molecule has 0 aliphatic heterocycles. The third kappa shape index (κ3) is 2.71. The molecule has 2 N–H and O–H groups in total. The molecule has 1 aromatic rings. The van der Waals surface area contributed by atoms with Gasteiger partial charge in [-0.1, -0.05) is 6.42 Å². The van der Waals surface area contributed by atoms with Crippen LogP contribution in [0, 0.1) is 23.0 Å². The lowest BCUT2D eigenvalue weighted by molar-refractivity contribution is -0.385. The lowest BCUT2D eigenvalue weighted by Gasteiger charge is -2.31. The van der Waals surface area contributed by atoms with E-state index in [0.717, 1.165) is 12.1 Å². The molecule has 1 saturated carbocycles. The van der Waals surface area contributed by atoms with E-state index in [1.165, 1.54) is 12.8 Å². The van der Waals surface area contributed by atoms with Gasteiger partial charge in [0, 0.05) is 30.4 Å². The zero-order valence-electron chi connectivity index (χ0n) is 11.5. The maximum absolute atomic E-state index is 10.8. The zero-order chi connectivity index (χ0) is 14.0. The van der Waals surface area contributed by atoms with Crippen LogP contribution in [-0.4, -0.2) is 24.6 Å². The van der Waals surface area contributed by atoms with Crippen LogP contribution < -0.4 is 10.6 Å². The molecule has 2 atom stereocenters. The normalized spacial score (nSPS) is 22.5. The highest BCUT2D eigenvalue weighted by Gasteiger charge is 2.29. The number of nitro groups is 1. The van der Waals surface area contributed by atoms with Crippen LogP contribution in [0.4, 0.5) is 11.4 Å². The molecule has 0 amide bonds. The van der Waals surface area contributed by atoms with E-state index in [2.05, 4.69) is 11.9 Å². The summed E-state index contributed by atoms with van der Waals surface area (Å²) in [5.41, 5.74) is 7.74. The van der Waals surface area contributed by atoms with Crippen molar-refractivity contribution in [3.05, 3.63) is 33.9 Å². The molecule has 0 spiro atoms. The SMILES string of the molecule is Cc1cc(N(C)C2CCCC2CN)ccc1[N+](=O)[O-]. The number of hydrogen-bond donors (Lipinski definition) is 1. The summed E-state index contributed by atoms with van der Waals surface area (Å²) in [5, 5.41) is 10.8. The molecule has 0 heterocycles. The van der Waals surface area contributed by atoms with Gasteiger partial charge in [-0.15, -0.1) is 0 Å². The number of nitrogens with zero attached hydrogens (tertiary/aromatic N) is 2. The molecule has 1 aromatic carbocycles. The molecular weight excluding hydrogens is 242 g/mol. The number of aryl methyl sites for hydroxylation is 1. The van der Waals surface area contributed by atoms with E-state index in [1.54, 1.807) is 13.0 Å². The minimum atomic E-state index is -0.336. The van der Waals surface area contributed by atoms with Crippen molar-refractivity contribution >= 4 is 11.4 Å². The van der Waals surface area contributed by atoms with Gasteiger partial charge in [0.25, 0.3) is 5.69 Å². The summed E-state index contributed by atoms with van der Waals surface area (Å²) in [6, 6.07) is 5.76. The van der Waals surface area contributed by atoms with E-state index >= 15 is 0 Å². The number of hydrogen-bond acceptors (Lipinski definition) is 4. The number of nitrogens with two attached hydrogens (primary N) is 1. The third-order valence-corrected chi connectivity index (χ3v) is 4.20. The van der Waals surface area contributed by atoms with E-state index in [-0.39, 0.29) is 10.6 Å². The average Bonchev–Trinajstić information content (AvgIpc) is 2.85. The van der Waals surface area contributed by atoms with Crippen LogP contribution in [0.2, 0.25) is 0 Å². The fourth-order valence-electron chi connectivity index (χ4n) is 3.06. The van der Waals surface area contributed by atoms with Crippen molar-refractivity contribution in [2.75, 3.05) is 18.5 Å². The molecule has 5 heteroatoms. The van der Waals surface area contributed by atoms with Gasteiger partial charge in [-0.3, -0.25) is 10.1 Å². The van der Waals surface area contributed by atoms with Crippen LogP contribution in [0.1, 0.15) is 24.8 Å². The maximum atomic E-state index is 10.8. The van der Waals surface area contributed by atoms with Gasteiger partial charge in [-0.2, -0.15) is 0 Å². The molecule has 19 heavy (non-hydrogen) atoms. The summed E-state index contributed by atoms with van der Waals surface area (Å²) in [7, 11) is 2.05. The van der Waals surface area contributed by atoms with Crippen molar-refractivity contribution in [2.45, 2.75) is 32.2 Å². The van der Waals surface area contributed by atoms with Crippen LogP contribution in [-0.2, 0) is 0 Å². The zero-order valence-corrected chi connectivity index (χ0v) is 11.5. The fraction of sp³-hybridized carbons (Fsp3) is 0.571. The minimum absolute atomic E-state index is 0.180. The van der Waals surface area contributed by atoms with Gasteiger partial charge in [-0.05, 0) is 44.4 Å². The quantitative estimate of drug-likeness (QED) is 0.669. The highest BCUT2D eigenvalue weighted by Crippen LogP contribution is 2.33. The third-order valence-electron chi connectivity index (χ3n) is 4.20. The Balaban J connectivity index is 2.22. The molecule has 104 valence electrons. The first-order chi connectivity index (χ1) is 9.04. The number of benzene rings is 1. The molecule has 2 rings (SSSR count). The van der Waals surface area contributed by atoms with E-state index < -0.39 is 0 Å². The fourth-order valence-corrected chi connectivity index (χ4v) is 3.06. The predicted molar refractivity (Wildman–Crippen MR) is 76.4 cm³/mol. The van der Waals surface area contributed by atoms with Crippen molar-refractivity contribution in [1.82, 2.24) is 0 Å². The monoisotopic (exact) mass is 263 g/mol. The average molecular weight is 263 g/mol. The summed E-state index contributed by atoms with van der Waals surface area (Å²) in [6.07, 6.45) is 3.54. The summed E-state index contributed by atoms with van der Waals surface area (Å²) < 4.78 is 0. The van der Waals surface area contributed by atoms with Crippen molar-refractivity contribution in [3.8, 4) is 0 Å². The van der Waals surface area contributed by atoms with Crippen LogP contribution in [0.25, 0.3) is 0 Å². The van der Waals surface area contributed by atoms with Crippen molar-refractivity contribution < 1.29 is 4.92 Å². The summed E-state index contributed by atoms with van der Waals surface area (Å²) in [6.45, 7) is 2.49. The lowest BCUT2D eigenvalue weighted by Crippen LogP contribution is -2.37. The Morgan fingerprint density at radius 2 is 2.21 bits per heavy atom. The van der Waals surface area contributed by atoms with Gasteiger partial charge < -0.3 is 10.6 Å². The van der Waals surface area contributed by atoms with Crippen molar-refractivity contribution in [2.24, 2.45) is 11.7 Å². The van der Waals surface area contributed by atoms with E-state index in [0.29, 0.717) is 24.1 Å². The number of anilines is 1. The van der Waals surface area contributed by atoms with Crippen LogP contribution in [0.3, 0.4) is 0 Å². The number of nitro benzene ring substituents is 1. The maximum Gasteiger partial charge on any atom is 0.272 e. The molecule has 0 radical (unpaired) electrons. The standard InChI is InChI=1S/C14H21N3O2/c1-10-8-12(6-7-13(10)17(18)19)16(2)14-5-3-4-11(14)9-15/h6-8,11,14H,3-5,9,15H2,1-2H3. The Kier molecular flexibility index (Phi) is 4.04. The van der Waals surface area contributed by atoms with Gasteiger partial charge in [0.15, 0.2) is 0 Å². The van der Waals surface area contributed by atoms with Crippen LogP contribution in [0.5, 0.6) is 0 Å². The van der Waals surface area contributed by atoms with Gasteiger partial charge in [0.1, 0.15) is 0 Å². The molecule has 1 aliphatic rings. The smallest absolute Gasteiger partial charge is 0.272 e. The highest BCUT2D eigenvalue weighted by atomic mass is 16.6. The Bertz CT molecular complexity index is 476. The summed E-state index contributed by atoms with van der Waals surface area (Å²) in [5.74, 6) is 0.528. The molecule has 0 saturated heterocycles. The van der Waals surface area contributed by atoms with Gasteiger partial charge in [0.05, 0.1) is 4.92 Å².